The Bertz CT molecular complexity index is 638. The Morgan fingerprint density at radius 3 is 2.78 bits per heavy atom. The molecule has 0 bridgehead atoms. The number of amides is 1. The topological polar surface area (TPSA) is 66.8 Å². The van der Waals surface area contributed by atoms with Gasteiger partial charge in [-0.3, -0.25) is 4.79 Å². The van der Waals surface area contributed by atoms with Crippen LogP contribution in [-0.4, -0.2) is 47.7 Å². The van der Waals surface area contributed by atoms with Crippen LogP contribution in [0.5, 0.6) is 0 Å². The van der Waals surface area contributed by atoms with Gasteiger partial charge in [0.1, 0.15) is 0 Å². The number of nitrogens with zero attached hydrogens (tertiary/aromatic N) is 1. The fraction of sp³-hybridized carbons (Fsp3) is 0.545. The lowest BCUT2D eigenvalue weighted by Crippen LogP contribution is -2.33. The minimum absolute atomic E-state index is 0.116. The Kier molecular flexibility index (Phi) is 8.52. The molecule has 1 aliphatic heterocycles. The molecule has 1 aromatic rings. The summed E-state index contributed by atoms with van der Waals surface area (Å²) in [5.41, 5.74) is 1.61. The largest absolute Gasteiger partial charge is 0.465 e. The van der Waals surface area contributed by atoms with Crippen molar-refractivity contribution < 1.29 is 19.4 Å². The first-order valence-electron chi connectivity index (χ1n) is 9.86. The normalized spacial score (nSPS) is 18.3. The van der Waals surface area contributed by atoms with E-state index in [9.17, 15) is 14.7 Å². The van der Waals surface area contributed by atoms with Gasteiger partial charge < -0.3 is 14.7 Å². The van der Waals surface area contributed by atoms with Crippen molar-refractivity contribution in [2.45, 2.75) is 64.0 Å². The number of likely N-dealkylation sites (tertiary alicyclic amines) is 1. The fourth-order valence-corrected chi connectivity index (χ4v) is 3.37. The van der Waals surface area contributed by atoms with Gasteiger partial charge in [-0.05, 0) is 43.4 Å². The molecule has 2 atom stereocenters. The number of hydrogen-bond donors (Lipinski definition) is 1. The Morgan fingerprint density at radius 2 is 2.11 bits per heavy atom. The Labute approximate surface area is 162 Å². The van der Waals surface area contributed by atoms with Crippen LogP contribution >= 0.6 is 0 Å². The van der Waals surface area contributed by atoms with Crippen LogP contribution in [0.1, 0.15) is 61.4 Å². The molecule has 0 aliphatic carbocycles. The molecule has 1 aromatic carbocycles. The zero-order valence-electron chi connectivity index (χ0n) is 16.4. The summed E-state index contributed by atoms with van der Waals surface area (Å²) in [6.07, 6.45) is 9.56. The lowest BCUT2D eigenvalue weighted by atomic mass is 10.1. The van der Waals surface area contributed by atoms with E-state index in [0.29, 0.717) is 24.9 Å². The average Bonchev–Trinajstić information content (AvgIpc) is 3.04. The number of esters is 1. The smallest absolute Gasteiger partial charge is 0.337 e. The van der Waals surface area contributed by atoms with Crippen LogP contribution in [-0.2, 0) is 16.0 Å². The minimum Gasteiger partial charge on any atom is -0.465 e. The van der Waals surface area contributed by atoms with E-state index in [-0.39, 0.29) is 24.0 Å². The molecule has 0 aromatic heterocycles. The molecule has 0 spiro atoms. The van der Waals surface area contributed by atoms with Gasteiger partial charge in [-0.1, -0.05) is 44.1 Å². The summed E-state index contributed by atoms with van der Waals surface area (Å²) in [5.74, 6) is -0.162. The van der Waals surface area contributed by atoms with E-state index < -0.39 is 0 Å². The van der Waals surface area contributed by atoms with Crippen LogP contribution in [0.25, 0.3) is 0 Å². The molecule has 0 radical (unpaired) electrons. The first-order valence-corrected chi connectivity index (χ1v) is 9.86. The number of carbonyl (C=O) groups excluding carboxylic acids is 2. The van der Waals surface area contributed by atoms with Gasteiger partial charge in [-0.25, -0.2) is 4.79 Å². The third-order valence-electron chi connectivity index (χ3n) is 5.05. The summed E-state index contributed by atoms with van der Waals surface area (Å²) in [7, 11) is 1.37. The van der Waals surface area contributed by atoms with Crippen LogP contribution in [0.15, 0.2) is 36.4 Å². The van der Waals surface area contributed by atoms with Crippen LogP contribution in [0.2, 0.25) is 0 Å². The highest BCUT2D eigenvalue weighted by atomic mass is 16.5. The van der Waals surface area contributed by atoms with Crippen molar-refractivity contribution in [3.63, 3.8) is 0 Å². The van der Waals surface area contributed by atoms with Crippen LogP contribution < -0.4 is 0 Å². The molecular formula is C22H31NO4. The molecule has 2 rings (SSSR count). The number of aliphatic hydroxyl groups is 1. The van der Waals surface area contributed by atoms with Gasteiger partial charge in [-0.2, -0.15) is 0 Å². The average molecular weight is 373 g/mol. The first-order chi connectivity index (χ1) is 13.0. The number of unbranched alkanes of at least 4 members (excludes halogenated alkanes) is 1. The third kappa shape index (κ3) is 6.51. The van der Waals surface area contributed by atoms with E-state index in [1.54, 1.807) is 12.1 Å². The summed E-state index contributed by atoms with van der Waals surface area (Å²) < 4.78 is 4.70. The summed E-state index contributed by atoms with van der Waals surface area (Å²) in [5, 5.41) is 9.94. The zero-order valence-corrected chi connectivity index (χ0v) is 16.4. The molecule has 27 heavy (non-hydrogen) atoms. The zero-order chi connectivity index (χ0) is 19.6. The number of benzene rings is 1. The van der Waals surface area contributed by atoms with Crippen LogP contribution in [0.3, 0.4) is 0 Å². The molecule has 148 valence electrons. The van der Waals surface area contributed by atoms with E-state index in [1.165, 1.54) is 7.11 Å². The third-order valence-corrected chi connectivity index (χ3v) is 5.05. The maximum absolute atomic E-state index is 12.2. The number of rotatable bonds is 10. The highest BCUT2D eigenvalue weighted by Crippen LogP contribution is 2.21. The summed E-state index contributed by atoms with van der Waals surface area (Å²) in [4.78, 5) is 25.6. The van der Waals surface area contributed by atoms with Crippen molar-refractivity contribution in [3.05, 3.63) is 47.5 Å². The summed E-state index contributed by atoms with van der Waals surface area (Å²) in [6.45, 7) is 2.78. The maximum Gasteiger partial charge on any atom is 0.337 e. The summed E-state index contributed by atoms with van der Waals surface area (Å²) in [6, 6.07) is 7.43. The van der Waals surface area contributed by atoms with E-state index in [4.69, 9.17) is 4.74 Å². The number of hydrogen-bond acceptors (Lipinski definition) is 4. The lowest BCUT2D eigenvalue weighted by Gasteiger charge is -2.22. The van der Waals surface area contributed by atoms with Crippen molar-refractivity contribution >= 4 is 11.9 Å². The number of carbonyl (C=O) groups is 2. The van der Waals surface area contributed by atoms with Crippen molar-refractivity contribution in [2.24, 2.45) is 0 Å². The Hall–Kier alpha value is -2.14. The molecule has 1 heterocycles. The number of ether oxygens (including phenoxy) is 1. The highest BCUT2D eigenvalue weighted by molar-refractivity contribution is 5.89. The predicted octanol–water partition coefficient (Wildman–Crippen LogP) is 3.50. The van der Waals surface area contributed by atoms with Gasteiger partial charge in [0.05, 0.1) is 24.8 Å². The van der Waals surface area contributed by atoms with E-state index in [0.717, 1.165) is 37.7 Å². The molecule has 5 heteroatoms. The van der Waals surface area contributed by atoms with Crippen LogP contribution in [0.4, 0.5) is 0 Å². The molecule has 2 unspecified atom stereocenters. The second-order valence-electron chi connectivity index (χ2n) is 7.09. The molecule has 1 N–H and O–H groups in total. The van der Waals surface area contributed by atoms with E-state index in [2.05, 4.69) is 13.0 Å². The number of methoxy groups -OCH3 is 1. The molecule has 1 saturated heterocycles. The highest BCUT2D eigenvalue weighted by Gasteiger charge is 2.28. The van der Waals surface area contributed by atoms with Gasteiger partial charge >= 0.3 is 5.97 Å². The fourth-order valence-electron chi connectivity index (χ4n) is 3.37. The van der Waals surface area contributed by atoms with Gasteiger partial charge in [0.15, 0.2) is 0 Å². The first kappa shape index (κ1) is 21.2. The van der Waals surface area contributed by atoms with E-state index in [1.807, 2.05) is 23.1 Å². The van der Waals surface area contributed by atoms with E-state index >= 15 is 0 Å². The Balaban J connectivity index is 1.86. The monoisotopic (exact) mass is 373 g/mol. The lowest BCUT2D eigenvalue weighted by molar-refractivity contribution is -0.128. The van der Waals surface area contributed by atoms with Crippen molar-refractivity contribution in [3.8, 4) is 0 Å². The Morgan fingerprint density at radius 1 is 1.37 bits per heavy atom. The molecule has 1 fully saturated rings. The SMILES string of the molecule is CCCCC(O)CC=CC1CCC(=O)N1CCc1ccc(C(=O)OC)cc1. The van der Waals surface area contributed by atoms with Crippen LogP contribution in [0, 0.1) is 0 Å². The minimum atomic E-state index is -0.345. The second-order valence-corrected chi connectivity index (χ2v) is 7.09. The number of aliphatic hydroxyl groups excluding tert-OH is 1. The molecule has 0 saturated carbocycles. The van der Waals surface area contributed by atoms with Crippen molar-refractivity contribution in [1.82, 2.24) is 4.90 Å². The molecule has 5 nitrogen and oxygen atoms in total. The van der Waals surface area contributed by atoms with Crippen molar-refractivity contribution in [1.29, 1.82) is 0 Å². The molecule has 1 amide bonds. The predicted molar refractivity (Wildman–Crippen MR) is 106 cm³/mol. The maximum atomic E-state index is 12.2. The van der Waals surface area contributed by atoms with Gasteiger partial charge in [0.2, 0.25) is 5.91 Å². The summed E-state index contributed by atoms with van der Waals surface area (Å²) >= 11 is 0. The second kappa shape index (κ2) is 10.9. The molecule has 1 aliphatic rings. The van der Waals surface area contributed by atoms with Gasteiger partial charge in [0, 0.05) is 13.0 Å². The standard InChI is InChI=1S/C22H31NO4/c1-3-4-7-20(24)8-5-6-19-13-14-21(25)23(19)16-15-17-9-11-18(12-10-17)22(26)27-2/h5-6,9-12,19-20,24H,3-4,7-8,13-16H2,1-2H3. The van der Waals surface area contributed by atoms with Gasteiger partial charge in [-0.15, -0.1) is 0 Å². The molecular weight excluding hydrogens is 342 g/mol. The quantitative estimate of drug-likeness (QED) is 0.503. The van der Waals surface area contributed by atoms with Gasteiger partial charge in [0.25, 0.3) is 0 Å². The van der Waals surface area contributed by atoms with Crippen molar-refractivity contribution in [2.75, 3.05) is 13.7 Å².